The van der Waals surface area contributed by atoms with Crippen molar-refractivity contribution in [1.29, 1.82) is 0 Å². The summed E-state index contributed by atoms with van der Waals surface area (Å²) in [5, 5.41) is 3.22. The van der Waals surface area contributed by atoms with E-state index in [0.29, 0.717) is 6.42 Å². The fourth-order valence-corrected chi connectivity index (χ4v) is 4.05. The second-order valence-corrected chi connectivity index (χ2v) is 6.95. The minimum Gasteiger partial charge on any atom is -0.349 e. The Morgan fingerprint density at radius 3 is 2.73 bits per heavy atom. The monoisotopic (exact) mass is 311 g/mol. The minimum absolute atomic E-state index is 0.142. The number of fused-ring (bicyclic) bond motifs is 1. The highest BCUT2D eigenvalue weighted by Gasteiger charge is 2.22. The van der Waals surface area contributed by atoms with Gasteiger partial charge in [-0.1, -0.05) is 55.5 Å². The standard InChI is InChI=1S/C19H21NOS/c1-14(15-7-3-2-4-8-15)13-19(21)20-17-11-12-22-18-10-6-5-9-16(17)18/h2-10,14,17H,11-13H2,1H3,(H,20,21)/t14-,17-/m0/s1. The topological polar surface area (TPSA) is 29.1 Å². The van der Waals surface area contributed by atoms with Gasteiger partial charge in [0.05, 0.1) is 6.04 Å². The normalized spacial score (nSPS) is 18.3. The molecule has 1 N–H and O–H groups in total. The predicted octanol–water partition coefficient (Wildman–Crippen LogP) is 4.53. The Morgan fingerprint density at radius 1 is 1.18 bits per heavy atom. The molecule has 0 aliphatic carbocycles. The molecule has 0 bridgehead atoms. The third-order valence-corrected chi connectivity index (χ3v) is 5.28. The van der Waals surface area contributed by atoms with Gasteiger partial charge in [-0.15, -0.1) is 11.8 Å². The van der Waals surface area contributed by atoms with E-state index in [9.17, 15) is 4.79 Å². The lowest BCUT2D eigenvalue weighted by Gasteiger charge is -2.26. The first-order chi connectivity index (χ1) is 10.7. The second kappa shape index (κ2) is 7.01. The zero-order valence-electron chi connectivity index (χ0n) is 12.8. The fourth-order valence-electron chi connectivity index (χ4n) is 2.92. The highest BCUT2D eigenvalue weighted by Crippen LogP contribution is 2.36. The van der Waals surface area contributed by atoms with E-state index in [1.54, 1.807) is 0 Å². The number of carbonyl (C=O) groups is 1. The van der Waals surface area contributed by atoms with Gasteiger partial charge in [-0.2, -0.15) is 0 Å². The molecule has 0 saturated carbocycles. The molecule has 0 aromatic heterocycles. The van der Waals surface area contributed by atoms with Crippen LogP contribution in [0.15, 0.2) is 59.5 Å². The van der Waals surface area contributed by atoms with Crippen molar-refractivity contribution in [2.24, 2.45) is 0 Å². The minimum atomic E-state index is 0.142. The van der Waals surface area contributed by atoms with E-state index in [1.165, 1.54) is 16.0 Å². The summed E-state index contributed by atoms with van der Waals surface area (Å²) in [6, 6.07) is 18.8. The SMILES string of the molecule is C[C@@H](CC(=O)N[C@H]1CCSc2ccccc21)c1ccccc1. The number of thioether (sulfide) groups is 1. The van der Waals surface area contributed by atoms with Crippen molar-refractivity contribution in [3.63, 3.8) is 0 Å². The van der Waals surface area contributed by atoms with Crippen LogP contribution in [0.4, 0.5) is 0 Å². The Bertz CT molecular complexity index is 641. The average Bonchev–Trinajstić information content (AvgIpc) is 2.56. The van der Waals surface area contributed by atoms with Crippen molar-refractivity contribution >= 4 is 17.7 Å². The maximum absolute atomic E-state index is 12.4. The number of hydrogen-bond acceptors (Lipinski definition) is 2. The summed E-state index contributed by atoms with van der Waals surface area (Å²) in [5.41, 5.74) is 2.48. The van der Waals surface area contributed by atoms with Crippen molar-refractivity contribution in [2.75, 3.05) is 5.75 Å². The molecule has 0 spiro atoms. The van der Waals surface area contributed by atoms with Crippen LogP contribution in [0.25, 0.3) is 0 Å². The summed E-state index contributed by atoms with van der Waals surface area (Å²) in [6.07, 6.45) is 1.54. The summed E-state index contributed by atoms with van der Waals surface area (Å²) in [4.78, 5) is 13.7. The molecule has 2 nitrogen and oxygen atoms in total. The average molecular weight is 311 g/mol. The molecule has 0 radical (unpaired) electrons. The van der Waals surface area contributed by atoms with E-state index in [-0.39, 0.29) is 17.9 Å². The van der Waals surface area contributed by atoms with Gasteiger partial charge in [0.15, 0.2) is 0 Å². The fraction of sp³-hybridized carbons (Fsp3) is 0.316. The number of amides is 1. The Labute approximate surface area is 136 Å². The van der Waals surface area contributed by atoms with Gasteiger partial charge in [0.1, 0.15) is 0 Å². The van der Waals surface area contributed by atoms with Gasteiger partial charge in [0.2, 0.25) is 5.91 Å². The second-order valence-electron chi connectivity index (χ2n) is 5.81. The Morgan fingerprint density at radius 2 is 1.91 bits per heavy atom. The highest BCUT2D eigenvalue weighted by molar-refractivity contribution is 7.99. The first kappa shape index (κ1) is 15.2. The lowest BCUT2D eigenvalue weighted by Crippen LogP contribution is -2.31. The molecule has 3 rings (SSSR count). The zero-order valence-corrected chi connectivity index (χ0v) is 13.6. The number of nitrogens with one attached hydrogen (secondary N) is 1. The molecule has 22 heavy (non-hydrogen) atoms. The predicted molar refractivity (Wildman–Crippen MR) is 92.1 cm³/mol. The molecule has 2 aromatic rings. The van der Waals surface area contributed by atoms with Crippen LogP contribution in [0.5, 0.6) is 0 Å². The molecular weight excluding hydrogens is 290 g/mol. The van der Waals surface area contributed by atoms with Crippen LogP contribution in [0.3, 0.4) is 0 Å². The lowest BCUT2D eigenvalue weighted by molar-refractivity contribution is -0.122. The van der Waals surface area contributed by atoms with E-state index in [0.717, 1.165) is 12.2 Å². The molecule has 2 aromatic carbocycles. The summed E-state index contributed by atoms with van der Waals surface area (Å²) >= 11 is 1.88. The first-order valence-electron chi connectivity index (χ1n) is 7.80. The molecule has 114 valence electrons. The number of hydrogen-bond donors (Lipinski definition) is 1. The van der Waals surface area contributed by atoms with Gasteiger partial charge in [0, 0.05) is 17.1 Å². The number of rotatable bonds is 4. The van der Waals surface area contributed by atoms with Crippen molar-refractivity contribution < 1.29 is 4.79 Å². The largest absolute Gasteiger partial charge is 0.349 e. The highest BCUT2D eigenvalue weighted by atomic mass is 32.2. The van der Waals surface area contributed by atoms with Gasteiger partial charge in [-0.25, -0.2) is 0 Å². The van der Waals surface area contributed by atoms with Crippen molar-refractivity contribution in [1.82, 2.24) is 5.32 Å². The summed E-state index contributed by atoms with van der Waals surface area (Å²) in [5.74, 6) is 1.45. The van der Waals surface area contributed by atoms with E-state index >= 15 is 0 Å². The van der Waals surface area contributed by atoms with Crippen LogP contribution in [0.1, 0.15) is 42.9 Å². The molecule has 1 aliphatic rings. The maximum Gasteiger partial charge on any atom is 0.221 e. The molecule has 3 heteroatoms. The van der Waals surface area contributed by atoms with Gasteiger partial charge in [-0.3, -0.25) is 4.79 Å². The van der Waals surface area contributed by atoms with E-state index in [4.69, 9.17) is 0 Å². The lowest BCUT2D eigenvalue weighted by atomic mass is 9.97. The van der Waals surface area contributed by atoms with Crippen LogP contribution >= 0.6 is 11.8 Å². The number of carbonyl (C=O) groups excluding carboxylic acids is 1. The Hall–Kier alpha value is -1.74. The molecule has 0 fully saturated rings. The molecular formula is C19H21NOS. The van der Waals surface area contributed by atoms with Gasteiger partial charge in [0.25, 0.3) is 0 Å². The van der Waals surface area contributed by atoms with Gasteiger partial charge in [-0.05, 0) is 29.5 Å². The Kier molecular flexibility index (Phi) is 4.84. The van der Waals surface area contributed by atoms with Gasteiger partial charge >= 0.3 is 0 Å². The summed E-state index contributed by atoms with van der Waals surface area (Å²) < 4.78 is 0. The van der Waals surface area contributed by atoms with Crippen molar-refractivity contribution in [3.05, 3.63) is 65.7 Å². The molecule has 1 heterocycles. The van der Waals surface area contributed by atoms with Crippen LogP contribution in [0.2, 0.25) is 0 Å². The van der Waals surface area contributed by atoms with E-state index in [2.05, 4.69) is 48.6 Å². The smallest absolute Gasteiger partial charge is 0.221 e. The number of benzene rings is 2. The van der Waals surface area contributed by atoms with Crippen LogP contribution < -0.4 is 5.32 Å². The molecule has 0 saturated heterocycles. The molecule has 2 atom stereocenters. The third kappa shape index (κ3) is 3.53. The quantitative estimate of drug-likeness (QED) is 0.898. The molecule has 1 amide bonds. The van der Waals surface area contributed by atoms with Crippen LogP contribution in [-0.4, -0.2) is 11.7 Å². The van der Waals surface area contributed by atoms with Crippen LogP contribution in [-0.2, 0) is 4.79 Å². The molecule has 0 unspecified atom stereocenters. The van der Waals surface area contributed by atoms with E-state index in [1.807, 2.05) is 30.0 Å². The van der Waals surface area contributed by atoms with Crippen LogP contribution in [0, 0.1) is 0 Å². The molecule has 1 aliphatic heterocycles. The summed E-state index contributed by atoms with van der Waals surface area (Å²) in [6.45, 7) is 2.11. The first-order valence-corrected chi connectivity index (χ1v) is 8.78. The van der Waals surface area contributed by atoms with Gasteiger partial charge < -0.3 is 5.32 Å². The van der Waals surface area contributed by atoms with Crippen molar-refractivity contribution in [3.8, 4) is 0 Å². The van der Waals surface area contributed by atoms with Crippen molar-refractivity contribution in [2.45, 2.75) is 36.6 Å². The maximum atomic E-state index is 12.4. The zero-order chi connectivity index (χ0) is 15.4. The third-order valence-electron chi connectivity index (χ3n) is 4.15. The van der Waals surface area contributed by atoms with E-state index < -0.39 is 0 Å². The Balaban J connectivity index is 1.63. The summed E-state index contributed by atoms with van der Waals surface area (Å²) in [7, 11) is 0.